The highest BCUT2D eigenvalue weighted by Crippen LogP contribution is 2.31. The summed E-state index contributed by atoms with van der Waals surface area (Å²) < 4.78 is 43.1. The quantitative estimate of drug-likeness (QED) is 0.538. The summed E-state index contributed by atoms with van der Waals surface area (Å²) in [5, 5.41) is 15.5. The van der Waals surface area contributed by atoms with Gasteiger partial charge in [-0.15, -0.1) is 0 Å². The van der Waals surface area contributed by atoms with Crippen molar-refractivity contribution in [2.75, 3.05) is 33.4 Å². The zero-order chi connectivity index (χ0) is 18.3. The van der Waals surface area contributed by atoms with Crippen LogP contribution in [0.3, 0.4) is 0 Å². The van der Waals surface area contributed by atoms with E-state index in [-0.39, 0.29) is 12.0 Å². The molecule has 0 saturated carbocycles. The van der Waals surface area contributed by atoms with Crippen molar-refractivity contribution in [2.45, 2.75) is 25.6 Å². The molecule has 0 bridgehead atoms. The molecule has 1 saturated heterocycles. The third-order valence-corrected chi connectivity index (χ3v) is 4.42. The topological polar surface area (TPSA) is 65.9 Å². The molecular formula is C17H24F3N3O2. The first-order valence-electron chi connectivity index (χ1n) is 8.18. The molecule has 140 valence electrons. The number of benzene rings is 1. The van der Waals surface area contributed by atoms with E-state index in [2.05, 4.69) is 15.6 Å². The van der Waals surface area contributed by atoms with Gasteiger partial charge in [-0.2, -0.15) is 13.2 Å². The van der Waals surface area contributed by atoms with Crippen molar-refractivity contribution in [2.24, 2.45) is 10.4 Å². The molecule has 0 spiro atoms. The summed E-state index contributed by atoms with van der Waals surface area (Å²) in [5.74, 6) is 0.559. The van der Waals surface area contributed by atoms with Crippen molar-refractivity contribution in [3.63, 3.8) is 0 Å². The van der Waals surface area contributed by atoms with Crippen LogP contribution in [0, 0.1) is 5.41 Å². The van der Waals surface area contributed by atoms with Crippen LogP contribution in [-0.2, 0) is 17.5 Å². The molecule has 0 radical (unpaired) electrons. The Morgan fingerprint density at radius 2 is 2.00 bits per heavy atom. The Bertz CT molecular complexity index is 567. The van der Waals surface area contributed by atoms with E-state index in [0.717, 1.165) is 24.1 Å². The maximum atomic E-state index is 12.6. The van der Waals surface area contributed by atoms with Gasteiger partial charge in [0.25, 0.3) is 0 Å². The highest BCUT2D eigenvalue weighted by molar-refractivity contribution is 5.79. The van der Waals surface area contributed by atoms with Crippen molar-refractivity contribution in [1.29, 1.82) is 0 Å². The monoisotopic (exact) mass is 359 g/mol. The number of hydrogen-bond acceptors (Lipinski definition) is 3. The third-order valence-electron chi connectivity index (χ3n) is 4.42. The summed E-state index contributed by atoms with van der Waals surface area (Å²) >= 11 is 0. The second kappa shape index (κ2) is 8.53. The first-order valence-corrected chi connectivity index (χ1v) is 8.18. The number of aliphatic hydroxyl groups is 1. The van der Waals surface area contributed by atoms with Gasteiger partial charge in [0.05, 0.1) is 12.2 Å². The van der Waals surface area contributed by atoms with Gasteiger partial charge in [0.1, 0.15) is 0 Å². The Balaban J connectivity index is 1.86. The molecule has 0 aliphatic carbocycles. The van der Waals surface area contributed by atoms with Crippen molar-refractivity contribution in [1.82, 2.24) is 10.6 Å². The Morgan fingerprint density at radius 1 is 1.28 bits per heavy atom. The second-order valence-electron chi connectivity index (χ2n) is 6.25. The fourth-order valence-electron chi connectivity index (χ4n) is 2.80. The van der Waals surface area contributed by atoms with Gasteiger partial charge in [-0.3, -0.25) is 4.99 Å². The minimum Gasteiger partial charge on any atom is -0.396 e. The Morgan fingerprint density at radius 3 is 2.52 bits per heavy atom. The predicted octanol–water partition coefficient (Wildman–Crippen LogP) is 2.16. The van der Waals surface area contributed by atoms with E-state index in [9.17, 15) is 18.3 Å². The zero-order valence-corrected chi connectivity index (χ0v) is 14.2. The maximum Gasteiger partial charge on any atom is 0.416 e. The zero-order valence-electron chi connectivity index (χ0n) is 14.2. The van der Waals surface area contributed by atoms with Crippen LogP contribution in [0.1, 0.15) is 24.0 Å². The van der Waals surface area contributed by atoms with Gasteiger partial charge in [0.15, 0.2) is 5.96 Å². The summed E-state index contributed by atoms with van der Waals surface area (Å²) in [4.78, 5) is 4.12. The van der Waals surface area contributed by atoms with Gasteiger partial charge >= 0.3 is 6.18 Å². The number of alkyl halides is 3. The standard InChI is InChI=1S/C17H24F3N3O2/c1-21-15(23-11-16(6-8-24)7-9-25-12-16)22-10-13-2-4-14(5-3-13)17(18,19)20/h2-5,24H,6-12H2,1H3,(H2,21,22,23). The summed E-state index contributed by atoms with van der Waals surface area (Å²) in [6.07, 6.45) is -2.81. The predicted molar refractivity (Wildman–Crippen MR) is 89.2 cm³/mol. The Kier molecular flexibility index (Phi) is 6.66. The molecule has 25 heavy (non-hydrogen) atoms. The lowest BCUT2D eigenvalue weighted by Crippen LogP contribution is -2.44. The normalized spacial score (nSPS) is 21.4. The summed E-state index contributed by atoms with van der Waals surface area (Å²) in [6, 6.07) is 5.03. The first kappa shape index (κ1) is 19.5. The van der Waals surface area contributed by atoms with Crippen molar-refractivity contribution < 1.29 is 23.0 Å². The van der Waals surface area contributed by atoms with Crippen molar-refractivity contribution in [3.8, 4) is 0 Å². The average Bonchev–Trinajstić information content (AvgIpc) is 3.04. The van der Waals surface area contributed by atoms with Gasteiger partial charge in [-0.05, 0) is 30.5 Å². The van der Waals surface area contributed by atoms with Gasteiger partial charge in [-0.1, -0.05) is 12.1 Å². The average molecular weight is 359 g/mol. The van der Waals surface area contributed by atoms with Crippen LogP contribution in [0.15, 0.2) is 29.3 Å². The number of halogens is 3. The Labute approximate surface area is 145 Å². The minimum absolute atomic E-state index is 0.0998. The number of hydrogen-bond donors (Lipinski definition) is 3. The molecule has 1 aromatic carbocycles. The SMILES string of the molecule is CN=C(NCc1ccc(C(F)(F)F)cc1)NCC1(CCO)CCOC1. The molecule has 1 aromatic rings. The lowest BCUT2D eigenvalue weighted by Gasteiger charge is -2.27. The molecule has 1 fully saturated rings. The molecule has 1 aliphatic heterocycles. The number of aliphatic hydroxyl groups excluding tert-OH is 1. The number of ether oxygens (including phenoxy) is 1. The molecule has 1 aliphatic rings. The van der Waals surface area contributed by atoms with E-state index < -0.39 is 11.7 Å². The lowest BCUT2D eigenvalue weighted by molar-refractivity contribution is -0.137. The largest absolute Gasteiger partial charge is 0.416 e. The maximum absolute atomic E-state index is 12.6. The van der Waals surface area contributed by atoms with Crippen LogP contribution in [-0.4, -0.2) is 44.5 Å². The fraction of sp³-hybridized carbons (Fsp3) is 0.588. The molecular weight excluding hydrogens is 335 g/mol. The highest BCUT2D eigenvalue weighted by Gasteiger charge is 2.34. The minimum atomic E-state index is -4.33. The van der Waals surface area contributed by atoms with Gasteiger partial charge in [-0.25, -0.2) is 0 Å². The van der Waals surface area contributed by atoms with Gasteiger partial charge in [0, 0.05) is 38.8 Å². The van der Waals surface area contributed by atoms with Crippen molar-refractivity contribution >= 4 is 5.96 Å². The molecule has 2 rings (SSSR count). The van der Waals surface area contributed by atoms with Gasteiger partial charge < -0.3 is 20.5 Å². The van der Waals surface area contributed by atoms with Crippen LogP contribution in [0.2, 0.25) is 0 Å². The molecule has 1 heterocycles. The van der Waals surface area contributed by atoms with E-state index in [1.807, 2.05) is 0 Å². The van der Waals surface area contributed by atoms with E-state index in [0.29, 0.717) is 38.7 Å². The number of nitrogens with one attached hydrogen (secondary N) is 2. The Hall–Kier alpha value is -1.80. The number of rotatable bonds is 6. The summed E-state index contributed by atoms with van der Waals surface area (Å²) in [6.45, 7) is 2.35. The number of nitrogens with zero attached hydrogens (tertiary/aromatic N) is 1. The van der Waals surface area contributed by atoms with Crippen LogP contribution in [0.4, 0.5) is 13.2 Å². The van der Waals surface area contributed by atoms with Crippen molar-refractivity contribution in [3.05, 3.63) is 35.4 Å². The lowest BCUT2D eigenvalue weighted by atomic mass is 9.84. The van der Waals surface area contributed by atoms with Crippen LogP contribution >= 0.6 is 0 Å². The van der Waals surface area contributed by atoms with E-state index in [4.69, 9.17) is 4.74 Å². The second-order valence-corrected chi connectivity index (χ2v) is 6.25. The number of guanidine groups is 1. The summed E-state index contributed by atoms with van der Waals surface area (Å²) in [7, 11) is 1.63. The number of aliphatic imine (C=N–C) groups is 1. The summed E-state index contributed by atoms with van der Waals surface area (Å²) in [5.41, 5.74) is -0.0445. The molecule has 0 amide bonds. The van der Waals surface area contributed by atoms with Gasteiger partial charge in [0.2, 0.25) is 0 Å². The van der Waals surface area contributed by atoms with E-state index in [1.165, 1.54) is 12.1 Å². The van der Waals surface area contributed by atoms with Crippen LogP contribution in [0.25, 0.3) is 0 Å². The molecule has 1 atom stereocenters. The third kappa shape index (κ3) is 5.61. The van der Waals surface area contributed by atoms with E-state index >= 15 is 0 Å². The molecule has 3 N–H and O–H groups in total. The molecule has 1 unspecified atom stereocenters. The van der Waals surface area contributed by atoms with E-state index in [1.54, 1.807) is 7.05 Å². The first-order chi connectivity index (χ1) is 11.9. The smallest absolute Gasteiger partial charge is 0.396 e. The van der Waals surface area contributed by atoms with Crippen LogP contribution in [0.5, 0.6) is 0 Å². The highest BCUT2D eigenvalue weighted by atomic mass is 19.4. The molecule has 5 nitrogen and oxygen atoms in total. The van der Waals surface area contributed by atoms with Crippen LogP contribution < -0.4 is 10.6 Å². The molecule has 0 aromatic heterocycles. The molecule has 8 heteroatoms. The fourth-order valence-corrected chi connectivity index (χ4v) is 2.80.